The summed E-state index contributed by atoms with van der Waals surface area (Å²) in [6, 6.07) is 5.74. The van der Waals surface area contributed by atoms with Gasteiger partial charge in [0.15, 0.2) is 8.32 Å². The zero-order valence-electron chi connectivity index (χ0n) is 21.5. The smallest absolute Gasteiger partial charge is 0.424 e. The zero-order chi connectivity index (χ0) is 25.8. The third-order valence-electron chi connectivity index (χ3n) is 6.88. The molecule has 0 bridgehead atoms. The number of unbranched alkanes of at least 4 members (excludes halogenated alkanes) is 1. The average Bonchev–Trinajstić information content (AvgIpc) is 3.07. The van der Waals surface area contributed by atoms with Crippen molar-refractivity contribution in [2.45, 2.75) is 101 Å². The molecule has 1 heterocycles. The summed E-state index contributed by atoms with van der Waals surface area (Å²) in [5.74, 6) is 0. The second-order valence-corrected chi connectivity index (χ2v) is 18.8. The quantitative estimate of drug-likeness (QED) is 0.140. The number of carbonyl (C=O) groups excluding carboxylic acids is 1. The minimum Gasteiger partial charge on any atom is -0.443 e. The zero-order valence-corrected chi connectivity index (χ0v) is 25.5. The van der Waals surface area contributed by atoms with E-state index in [1.807, 2.05) is 29.5 Å². The molecule has 0 spiro atoms. The molecule has 0 aliphatic carbocycles. The Morgan fingerprint density at radius 1 is 1.09 bits per heavy atom. The number of benzene rings is 1. The molecule has 0 N–H and O–H groups in total. The predicted octanol–water partition coefficient (Wildman–Crippen LogP) is 7.18. The SMILES string of the molecule is C=C(I)[C@@H]1[C@@H](CCCCO[Si](C(C)C)(C(C)C)C(C)C)OC(=O)N1S(=O)(=O)c1ccc(C)cc1. The highest BCUT2D eigenvalue weighted by Gasteiger charge is 2.49. The van der Waals surface area contributed by atoms with Crippen molar-refractivity contribution >= 4 is 47.0 Å². The summed E-state index contributed by atoms with van der Waals surface area (Å²) >= 11 is 2.00. The van der Waals surface area contributed by atoms with Crippen molar-refractivity contribution in [1.82, 2.24) is 4.31 Å². The molecule has 6 nitrogen and oxygen atoms in total. The number of amides is 1. The van der Waals surface area contributed by atoms with E-state index in [9.17, 15) is 13.2 Å². The molecule has 0 radical (unpaired) electrons. The summed E-state index contributed by atoms with van der Waals surface area (Å²) in [7, 11) is -5.96. The van der Waals surface area contributed by atoms with E-state index in [1.165, 1.54) is 12.1 Å². The maximum Gasteiger partial charge on any atom is 0.424 e. The van der Waals surface area contributed by atoms with E-state index >= 15 is 0 Å². The van der Waals surface area contributed by atoms with Gasteiger partial charge < -0.3 is 9.16 Å². The van der Waals surface area contributed by atoms with E-state index in [0.29, 0.717) is 33.2 Å². The van der Waals surface area contributed by atoms with Crippen molar-refractivity contribution in [1.29, 1.82) is 0 Å². The fourth-order valence-corrected chi connectivity index (χ4v) is 13.2. The highest BCUT2D eigenvalue weighted by molar-refractivity contribution is 14.1. The molecule has 0 saturated carbocycles. The fourth-order valence-electron chi connectivity index (χ4n) is 5.32. The van der Waals surface area contributed by atoms with Crippen molar-refractivity contribution in [3.8, 4) is 0 Å². The number of carbonyl (C=O) groups is 1. The number of hydrogen-bond acceptors (Lipinski definition) is 5. The number of sulfonamides is 1. The standard InChI is InChI=1S/C25H40INO5SSi/c1-17(2)34(18(3)4,19(5)6)31-16-10-9-11-23-24(21(8)26)27(25(28)32-23)33(29,30)22-14-12-20(7)13-15-22/h12-15,17-19,23-24H,8-11,16H2,1-7H3/t23-,24-/m1/s1. The van der Waals surface area contributed by atoms with Crippen LogP contribution in [0, 0.1) is 6.92 Å². The van der Waals surface area contributed by atoms with E-state index in [0.717, 1.165) is 22.7 Å². The Balaban J connectivity index is 2.08. The first-order valence-electron chi connectivity index (χ1n) is 12.1. The van der Waals surface area contributed by atoms with Crippen molar-refractivity contribution < 1.29 is 22.4 Å². The largest absolute Gasteiger partial charge is 0.443 e. The lowest BCUT2D eigenvalue weighted by atomic mass is 10.1. The molecule has 192 valence electrons. The van der Waals surface area contributed by atoms with Crippen LogP contribution in [0.15, 0.2) is 39.3 Å². The van der Waals surface area contributed by atoms with Crippen LogP contribution >= 0.6 is 22.6 Å². The highest BCUT2D eigenvalue weighted by Crippen LogP contribution is 2.42. The van der Waals surface area contributed by atoms with Gasteiger partial charge in [0.1, 0.15) is 12.1 Å². The highest BCUT2D eigenvalue weighted by atomic mass is 127. The van der Waals surface area contributed by atoms with Gasteiger partial charge in [-0.15, -0.1) is 0 Å². The molecular weight excluding hydrogens is 581 g/mol. The third kappa shape index (κ3) is 6.07. The van der Waals surface area contributed by atoms with Crippen LogP contribution in [0.25, 0.3) is 0 Å². The predicted molar refractivity (Wildman–Crippen MR) is 148 cm³/mol. The van der Waals surface area contributed by atoms with E-state index in [2.05, 4.69) is 48.1 Å². The molecule has 1 amide bonds. The van der Waals surface area contributed by atoms with Gasteiger partial charge in [-0.2, -0.15) is 4.31 Å². The molecule has 2 rings (SSSR count). The maximum atomic E-state index is 13.3. The molecule has 1 aromatic rings. The monoisotopic (exact) mass is 621 g/mol. The molecule has 9 heteroatoms. The second-order valence-electron chi connectivity index (χ2n) is 10.1. The van der Waals surface area contributed by atoms with Gasteiger partial charge in [-0.25, -0.2) is 13.2 Å². The minimum atomic E-state index is -4.04. The topological polar surface area (TPSA) is 72.9 Å². The van der Waals surface area contributed by atoms with E-state index < -0.39 is 36.6 Å². The Morgan fingerprint density at radius 3 is 2.09 bits per heavy atom. The summed E-state index contributed by atoms with van der Waals surface area (Å²) in [4.78, 5) is 12.8. The molecule has 1 aliphatic rings. The normalized spacial score (nSPS) is 19.4. The third-order valence-corrected chi connectivity index (χ3v) is 15.4. The minimum absolute atomic E-state index is 0.0732. The molecule has 2 atom stereocenters. The summed E-state index contributed by atoms with van der Waals surface area (Å²) < 4.78 is 40.1. The number of cyclic esters (lactones) is 1. The van der Waals surface area contributed by atoms with E-state index in [4.69, 9.17) is 9.16 Å². The number of hydrogen-bond donors (Lipinski definition) is 0. The summed E-state index contributed by atoms with van der Waals surface area (Å²) in [5.41, 5.74) is 2.51. The Labute approximate surface area is 220 Å². The van der Waals surface area contributed by atoms with Crippen molar-refractivity contribution in [2.24, 2.45) is 0 Å². The molecule has 0 aromatic heterocycles. The number of halogens is 1. The molecular formula is C25H40INO5SSi. The summed E-state index contributed by atoms with van der Waals surface area (Å²) in [5, 5.41) is 0. The van der Waals surface area contributed by atoms with Crippen LogP contribution in [0.4, 0.5) is 4.79 Å². The van der Waals surface area contributed by atoms with Gasteiger partial charge in [0.05, 0.1) is 4.90 Å². The first-order chi connectivity index (χ1) is 15.8. The van der Waals surface area contributed by atoms with E-state index in [-0.39, 0.29) is 4.90 Å². The molecule has 0 unspecified atom stereocenters. The first kappa shape index (κ1) is 29.3. The van der Waals surface area contributed by atoms with E-state index in [1.54, 1.807) is 12.1 Å². The lowest BCUT2D eigenvalue weighted by Gasteiger charge is -2.42. The molecule has 1 saturated heterocycles. The van der Waals surface area contributed by atoms with Gasteiger partial charge in [-0.05, 0) is 77.5 Å². The number of nitrogens with zero attached hydrogens (tertiary/aromatic N) is 1. The summed E-state index contributed by atoms with van der Waals surface area (Å²) in [6.07, 6.45) is 0.770. The van der Waals surface area contributed by atoms with Gasteiger partial charge in [-0.1, -0.05) is 65.8 Å². The van der Waals surface area contributed by atoms with Gasteiger partial charge >= 0.3 is 6.09 Å². The Hall–Kier alpha value is -0.913. The van der Waals surface area contributed by atoms with Gasteiger partial charge in [-0.3, -0.25) is 0 Å². The first-order valence-corrected chi connectivity index (χ1v) is 16.7. The Kier molecular flexibility index (Phi) is 10.2. The molecule has 1 aliphatic heterocycles. The van der Waals surface area contributed by atoms with Crippen LogP contribution in [-0.2, 0) is 19.2 Å². The summed E-state index contributed by atoms with van der Waals surface area (Å²) in [6.45, 7) is 20.1. The lowest BCUT2D eigenvalue weighted by Crippen LogP contribution is -2.48. The lowest BCUT2D eigenvalue weighted by molar-refractivity contribution is 0.126. The number of aryl methyl sites for hydroxylation is 1. The van der Waals surface area contributed by atoms with Crippen LogP contribution in [0.5, 0.6) is 0 Å². The van der Waals surface area contributed by atoms with Crippen LogP contribution < -0.4 is 0 Å². The van der Waals surface area contributed by atoms with Crippen molar-refractivity contribution in [3.05, 3.63) is 40.0 Å². The van der Waals surface area contributed by atoms with Crippen LogP contribution in [-0.4, -0.2) is 45.9 Å². The number of rotatable bonds is 12. The number of ether oxygens (including phenoxy) is 1. The molecule has 1 fully saturated rings. The van der Waals surface area contributed by atoms with Gasteiger partial charge in [0.2, 0.25) is 0 Å². The Bertz CT molecular complexity index is 940. The van der Waals surface area contributed by atoms with Crippen LogP contribution in [0.2, 0.25) is 16.6 Å². The van der Waals surface area contributed by atoms with Crippen LogP contribution in [0.1, 0.15) is 66.4 Å². The molecule has 34 heavy (non-hydrogen) atoms. The maximum absolute atomic E-state index is 13.3. The average molecular weight is 622 g/mol. The Morgan fingerprint density at radius 2 is 1.62 bits per heavy atom. The molecule has 1 aromatic carbocycles. The van der Waals surface area contributed by atoms with Gasteiger partial charge in [0, 0.05) is 10.2 Å². The fraction of sp³-hybridized carbons (Fsp3) is 0.640. The second kappa shape index (κ2) is 11.9. The van der Waals surface area contributed by atoms with Crippen LogP contribution in [0.3, 0.4) is 0 Å². The van der Waals surface area contributed by atoms with Crippen molar-refractivity contribution in [2.75, 3.05) is 6.61 Å². The van der Waals surface area contributed by atoms with Crippen molar-refractivity contribution in [3.63, 3.8) is 0 Å². The van der Waals surface area contributed by atoms with Gasteiger partial charge in [0.25, 0.3) is 10.0 Å².